The van der Waals surface area contributed by atoms with Gasteiger partial charge in [0.25, 0.3) is 0 Å². The summed E-state index contributed by atoms with van der Waals surface area (Å²) < 4.78 is 0. The predicted octanol–water partition coefficient (Wildman–Crippen LogP) is 1.88. The average Bonchev–Trinajstić information content (AvgIpc) is 2.81. The quantitative estimate of drug-likeness (QED) is 0.886. The van der Waals surface area contributed by atoms with Gasteiger partial charge in [0, 0.05) is 29.8 Å². The van der Waals surface area contributed by atoms with Crippen LogP contribution in [0, 0.1) is 6.92 Å². The Morgan fingerprint density at radius 1 is 1.53 bits per heavy atom. The molecule has 1 fully saturated rings. The lowest BCUT2D eigenvalue weighted by atomic mass is 10.2. The standard InChI is InChI=1S/C14H20ClN3O/c1-10-3-4-11(15)7-13(10)17-14(19)9-18-6-5-12(8-18)16-2/h3-4,7,12,16H,5-6,8-9H2,1-2H3,(H,17,19). The fourth-order valence-electron chi connectivity index (χ4n) is 2.33. The van der Waals surface area contributed by atoms with E-state index in [1.54, 1.807) is 6.07 Å². The molecule has 1 unspecified atom stereocenters. The Balaban J connectivity index is 1.89. The number of halogens is 1. The molecule has 1 heterocycles. The third-order valence-corrected chi connectivity index (χ3v) is 3.76. The number of likely N-dealkylation sites (N-methyl/N-ethyl adjacent to an activating group) is 1. The number of nitrogens with one attached hydrogen (secondary N) is 2. The molecular weight excluding hydrogens is 262 g/mol. The molecule has 1 aliphatic rings. The summed E-state index contributed by atoms with van der Waals surface area (Å²) in [5.74, 6) is 0.0159. The van der Waals surface area contributed by atoms with Crippen molar-refractivity contribution in [3.8, 4) is 0 Å². The van der Waals surface area contributed by atoms with Gasteiger partial charge in [0.2, 0.25) is 5.91 Å². The molecule has 2 rings (SSSR count). The molecule has 1 amide bonds. The maximum Gasteiger partial charge on any atom is 0.238 e. The SMILES string of the molecule is CNC1CCN(CC(=O)Nc2cc(Cl)ccc2C)C1. The monoisotopic (exact) mass is 281 g/mol. The first-order chi connectivity index (χ1) is 9.08. The number of anilines is 1. The van der Waals surface area contributed by atoms with Gasteiger partial charge in [0.05, 0.1) is 6.54 Å². The lowest BCUT2D eigenvalue weighted by molar-refractivity contribution is -0.117. The molecule has 0 spiro atoms. The van der Waals surface area contributed by atoms with Crippen molar-refractivity contribution in [2.24, 2.45) is 0 Å². The summed E-state index contributed by atoms with van der Waals surface area (Å²) in [4.78, 5) is 14.2. The Morgan fingerprint density at radius 2 is 2.32 bits per heavy atom. The maximum atomic E-state index is 12.0. The van der Waals surface area contributed by atoms with Crippen LogP contribution in [0.4, 0.5) is 5.69 Å². The number of carbonyl (C=O) groups is 1. The molecule has 2 N–H and O–H groups in total. The molecule has 104 valence electrons. The zero-order valence-corrected chi connectivity index (χ0v) is 12.1. The summed E-state index contributed by atoms with van der Waals surface area (Å²) in [5.41, 5.74) is 1.81. The van der Waals surface area contributed by atoms with Gasteiger partial charge in [-0.25, -0.2) is 0 Å². The minimum atomic E-state index is 0.0159. The van der Waals surface area contributed by atoms with Gasteiger partial charge in [-0.05, 0) is 38.1 Å². The molecule has 1 aromatic rings. The van der Waals surface area contributed by atoms with E-state index in [1.165, 1.54) is 0 Å². The lowest BCUT2D eigenvalue weighted by Crippen LogP contribution is -2.34. The maximum absolute atomic E-state index is 12.0. The van der Waals surface area contributed by atoms with E-state index in [0.29, 0.717) is 17.6 Å². The van der Waals surface area contributed by atoms with Crippen LogP contribution in [-0.2, 0) is 4.79 Å². The van der Waals surface area contributed by atoms with Crippen molar-refractivity contribution in [3.63, 3.8) is 0 Å². The van der Waals surface area contributed by atoms with E-state index in [-0.39, 0.29) is 5.91 Å². The van der Waals surface area contributed by atoms with Gasteiger partial charge < -0.3 is 10.6 Å². The van der Waals surface area contributed by atoms with Crippen molar-refractivity contribution in [3.05, 3.63) is 28.8 Å². The number of amides is 1. The highest BCUT2D eigenvalue weighted by molar-refractivity contribution is 6.31. The van der Waals surface area contributed by atoms with E-state index in [9.17, 15) is 4.79 Å². The van der Waals surface area contributed by atoms with Crippen molar-refractivity contribution < 1.29 is 4.79 Å². The number of rotatable bonds is 4. The van der Waals surface area contributed by atoms with Gasteiger partial charge >= 0.3 is 0 Å². The van der Waals surface area contributed by atoms with Gasteiger partial charge in [-0.3, -0.25) is 9.69 Å². The topological polar surface area (TPSA) is 44.4 Å². The summed E-state index contributed by atoms with van der Waals surface area (Å²) in [5, 5.41) is 6.80. The molecule has 1 aromatic carbocycles. The van der Waals surface area contributed by atoms with Crippen molar-refractivity contribution in [1.82, 2.24) is 10.2 Å². The number of likely N-dealkylation sites (tertiary alicyclic amines) is 1. The highest BCUT2D eigenvalue weighted by Crippen LogP contribution is 2.20. The minimum Gasteiger partial charge on any atom is -0.325 e. The molecule has 4 nitrogen and oxygen atoms in total. The van der Waals surface area contributed by atoms with Crippen molar-refractivity contribution in [2.45, 2.75) is 19.4 Å². The molecule has 0 aromatic heterocycles. The molecule has 5 heteroatoms. The number of carbonyl (C=O) groups excluding carboxylic acids is 1. The minimum absolute atomic E-state index is 0.0159. The second-order valence-electron chi connectivity index (χ2n) is 5.02. The van der Waals surface area contributed by atoms with E-state index in [1.807, 2.05) is 26.1 Å². The van der Waals surface area contributed by atoms with E-state index in [2.05, 4.69) is 15.5 Å². The third-order valence-electron chi connectivity index (χ3n) is 3.52. The largest absolute Gasteiger partial charge is 0.325 e. The lowest BCUT2D eigenvalue weighted by Gasteiger charge is -2.16. The molecule has 1 saturated heterocycles. The van der Waals surface area contributed by atoms with Gasteiger partial charge in [-0.1, -0.05) is 17.7 Å². The molecule has 1 atom stereocenters. The highest BCUT2D eigenvalue weighted by Gasteiger charge is 2.22. The first-order valence-corrected chi connectivity index (χ1v) is 6.92. The molecule has 0 saturated carbocycles. The van der Waals surface area contributed by atoms with Crippen LogP contribution < -0.4 is 10.6 Å². The second-order valence-corrected chi connectivity index (χ2v) is 5.45. The van der Waals surface area contributed by atoms with E-state index in [0.717, 1.165) is 30.8 Å². The number of aryl methyl sites for hydroxylation is 1. The van der Waals surface area contributed by atoms with Crippen LogP contribution in [0.2, 0.25) is 5.02 Å². The fourth-order valence-corrected chi connectivity index (χ4v) is 2.51. The van der Waals surface area contributed by atoms with Gasteiger partial charge in [0.1, 0.15) is 0 Å². The van der Waals surface area contributed by atoms with Crippen LogP contribution >= 0.6 is 11.6 Å². The fraction of sp³-hybridized carbons (Fsp3) is 0.500. The first-order valence-electron chi connectivity index (χ1n) is 6.54. The van der Waals surface area contributed by atoms with E-state index >= 15 is 0 Å². The van der Waals surface area contributed by atoms with Crippen LogP contribution in [0.25, 0.3) is 0 Å². The van der Waals surface area contributed by atoms with E-state index < -0.39 is 0 Å². The zero-order chi connectivity index (χ0) is 13.8. The van der Waals surface area contributed by atoms with Crippen LogP contribution in [-0.4, -0.2) is 43.5 Å². The Morgan fingerprint density at radius 3 is 3.00 bits per heavy atom. The zero-order valence-electron chi connectivity index (χ0n) is 11.4. The molecule has 1 aliphatic heterocycles. The number of benzene rings is 1. The Bertz CT molecular complexity index is 464. The summed E-state index contributed by atoms with van der Waals surface area (Å²) in [6, 6.07) is 6.02. The van der Waals surface area contributed by atoms with Gasteiger partial charge in [-0.15, -0.1) is 0 Å². The van der Waals surface area contributed by atoms with Crippen molar-refractivity contribution in [2.75, 3.05) is 32.0 Å². The highest BCUT2D eigenvalue weighted by atomic mass is 35.5. The summed E-state index contributed by atoms with van der Waals surface area (Å²) in [6.07, 6.45) is 1.10. The number of hydrogen-bond acceptors (Lipinski definition) is 3. The molecule has 0 bridgehead atoms. The molecule has 0 radical (unpaired) electrons. The van der Waals surface area contributed by atoms with Crippen LogP contribution in [0.1, 0.15) is 12.0 Å². The average molecular weight is 282 g/mol. The Labute approximate surface area is 119 Å². The molecule has 0 aliphatic carbocycles. The molecular formula is C14H20ClN3O. The first kappa shape index (κ1) is 14.3. The number of nitrogens with zero attached hydrogens (tertiary/aromatic N) is 1. The smallest absolute Gasteiger partial charge is 0.238 e. The van der Waals surface area contributed by atoms with E-state index in [4.69, 9.17) is 11.6 Å². The summed E-state index contributed by atoms with van der Waals surface area (Å²) >= 11 is 5.94. The Kier molecular flexibility index (Phi) is 4.80. The third kappa shape index (κ3) is 3.93. The van der Waals surface area contributed by atoms with Crippen molar-refractivity contribution >= 4 is 23.2 Å². The van der Waals surface area contributed by atoms with Gasteiger partial charge in [0.15, 0.2) is 0 Å². The van der Waals surface area contributed by atoms with Crippen LogP contribution in [0.3, 0.4) is 0 Å². The second kappa shape index (κ2) is 6.37. The molecule has 19 heavy (non-hydrogen) atoms. The van der Waals surface area contributed by atoms with Crippen LogP contribution in [0.15, 0.2) is 18.2 Å². The summed E-state index contributed by atoms with van der Waals surface area (Å²) in [7, 11) is 1.96. The van der Waals surface area contributed by atoms with Crippen LogP contribution in [0.5, 0.6) is 0 Å². The van der Waals surface area contributed by atoms with Crippen molar-refractivity contribution in [1.29, 1.82) is 0 Å². The predicted molar refractivity (Wildman–Crippen MR) is 78.7 cm³/mol. The Hall–Kier alpha value is -1.10. The number of hydrogen-bond donors (Lipinski definition) is 2. The normalized spacial score (nSPS) is 19.6. The van der Waals surface area contributed by atoms with Gasteiger partial charge in [-0.2, -0.15) is 0 Å². The summed E-state index contributed by atoms with van der Waals surface area (Å²) in [6.45, 7) is 4.29.